The molecule has 0 saturated heterocycles. The molecule has 1 rings (SSSR count). The zero-order chi connectivity index (χ0) is 20.8. The Bertz CT molecular complexity index is 566. The van der Waals surface area contributed by atoms with E-state index >= 15 is 0 Å². The van der Waals surface area contributed by atoms with Gasteiger partial charge in [0.2, 0.25) is 0 Å². The molecule has 0 aliphatic rings. The van der Waals surface area contributed by atoms with Crippen molar-refractivity contribution in [2.45, 2.75) is 44.9 Å². The Hall–Kier alpha value is -2.36. The molecular weight excluding hydrogens is 356 g/mol. The molecule has 0 aliphatic heterocycles. The van der Waals surface area contributed by atoms with E-state index in [0.717, 1.165) is 0 Å². The number of aliphatic hydroxyl groups is 1. The highest BCUT2D eigenvalue weighted by molar-refractivity contribution is 5.74. The fourth-order valence-corrected chi connectivity index (χ4v) is 1.76. The van der Waals surface area contributed by atoms with Crippen LogP contribution in [0.2, 0.25) is 0 Å². The Morgan fingerprint density at radius 2 is 1.78 bits per heavy atom. The smallest absolute Gasteiger partial charge is 0.320 e. The van der Waals surface area contributed by atoms with Crippen LogP contribution in [0.4, 0.5) is 0 Å². The average Bonchev–Trinajstić information content (AvgIpc) is 2.63. The van der Waals surface area contributed by atoms with Gasteiger partial charge < -0.3 is 35.8 Å². The number of benzene rings is 1. The molecule has 0 heterocycles. The van der Waals surface area contributed by atoms with E-state index in [1.54, 1.807) is 7.11 Å². The summed E-state index contributed by atoms with van der Waals surface area (Å²) in [7, 11) is 1.60. The molecule has 0 fully saturated rings. The van der Waals surface area contributed by atoms with Crippen molar-refractivity contribution in [3.05, 3.63) is 24.3 Å². The lowest BCUT2D eigenvalue weighted by atomic mass is 10.2. The van der Waals surface area contributed by atoms with Crippen LogP contribution in [0.3, 0.4) is 0 Å². The molecule has 0 radical (unpaired) electrons. The number of rotatable bonds is 11. The number of ether oxygens (including phenoxy) is 2. The summed E-state index contributed by atoms with van der Waals surface area (Å²) < 4.78 is 10.7. The molecule has 0 bridgehead atoms. The monoisotopic (exact) mass is 386 g/mol. The van der Waals surface area contributed by atoms with E-state index in [0.29, 0.717) is 24.1 Å². The van der Waals surface area contributed by atoms with E-state index < -0.39 is 24.1 Å². The summed E-state index contributed by atoms with van der Waals surface area (Å²) >= 11 is 0. The topological polar surface area (TPSA) is 151 Å². The molecule has 2 atom stereocenters. The van der Waals surface area contributed by atoms with Crippen molar-refractivity contribution in [2.24, 2.45) is 5.73 Å². The third-order valence-electron chi connectivity index (χ3n) is 3.25. The summed E-state index contributed by atoms with van der Waals surface area (Å²) in [5, 5.41) is 29.1. The molecule has 0 saturated carbocycles. The van der Waals surface area contributed by atoms with Crippen molar-refractivity contribution in [3.63, 3.8) is 0 Å². The van der Waals surface area contributed by atoms with Gasteiger partial charge in [-0.15, -0.1) is 0 Å². The van der Waals surface area contributed by atoms with Gasteiger partial charge in [-0.05, 0) is 18.6 Å². The molecule has 6 N–H and O–H groups in total. The molecule has 9 nitrogen and oxygen atoms in total. The summed E-state index contributed by atoms with van der Waals surface area (Å²) in [5.74, 6) is -0.868. The first kappa shape index (κ1) is 24.6. The van der Waals surface area contributed by atoms with E-state index in [4.69, 9.17) is 25.4 Å². The van der Waals surface area contributed by atoms with Crippen LogP contribution in [0.1, 0.15) is 26.7 Å². The van der Waals surface area contributed by atoms with Crippen LogP contribution < -0.4 is 20.5 Å². The molecule has 1 unspecified atom stereocenters. The predicted molar refractivity (Wildman–Crippen MR) is 100 cm³/mol. The van der Waals surface area contributed by atoms with Gasteiger partial charge in [-0.2, -0.15) is 0 Å². The molecule has 0 aliphatic carbocycles. The van der Waals surface area contributed by atoms with Crippen LogP contribution in [0.15, 0.2) is 24.3 Å². The van der Waals surface area contributed by atoms with E-state index in [1.165, 1.54) is 0 Å². The summed E-state index contributed by atoms with van der Waals surface area (Å²) in [6.45, 7) is 4.84. The standard InChI is InChI=1S/C13H21NO3.C5H9NO4/c1-10(2)14-8-11(15)9-17-13-7-5-4-6-12(13)16-3;6-3(5(9)10)1-2-4(7)8/h4-7,10-11,14-15H,8-9H2,1-3H3;3H,1-2,6H2,(H,7,8)(H,9,10)/t;3-/m.0/s1. The molecule has 9 heteroatoms. The summed E-state index contributed by atoms with van der Waals surface area (Å²) in [6.07, 6.45) is -0.750. The van der Waals surface area contributed by atoms with Gasteiger partial charge in [-0.25, -0.2) is 0 Å². The van der Waals surface area contributed by atoms with E-state index in [9.17, 15) is 14.7 Å². The quantitative estimate of drug-likeness (QED) is 0.370. The fourth-order valence-electron chi connectivity index (χ4n) is 1.76. The highest BCUT2D eigenvalue weighted by Gasteiger charge is 2.12. The molecule has 1 aromatic carbocycles. The molecule has 154 valence electrons. The zero-order valence-electron chi connectivity index (χ0n) is 15.9. The Labute approximate surface area is 159 Å². The van der Waals surface area contributed by atoms with Crippen molar-refractivity contribution in [1.82, 2.24) is 5.32 Å². The van der Waals surface area contributed by atoms with Gasteiger partial charge in [0, 0.05) is 19.0 Å². The number of nitrogens with one attached hydrogen (secondary N) is 1. The van der Waals surface area contributed by atoms with Crippen LogP contribution >= 0.6 is 0 Å². The van der Waals surface area contributed by atoms with Gasteiger partial charge in [0.1, 0.15) is 18.8 Å². The number of hydrogen-bond acceptors (Lipinski definition) is 7. The maximum absolute atomic E-state index is 9.99. The van der Waals surface area contributed by atoms with Crippen molar-refractivity contribution >= 4 is 11.9 Å². The third-order valence-corrected chi connectivity index (χ3v) is 3.25. The third kappa shape index (κ3) is 12.6. The Balaban J connectivity index is 0.000000580. The first-order valence-corrected chi connectivity index (χ1v) is 8.54. The number of hydrogen-bond donors (Lipinski definition) is 5. The summed E-state index contributed by atoms with van der Waals surface area (Å²) in [6, 6.07) is 6.70. The highest BCUT2D eigenvalue weighted by atomic mass is 16.5. The molecule has 0 aromatic heterocycles. The molecule has 1 aromatic rings. The van der Waals surface area contributed by atoms with Gasteiger partial charge in [0.25, 0.3) is 0 Å². The summed E-state index contributed by atoms with van der Waals surface area (Å²) in [5.41, 5.74) is 5.00. The number of aliphatic carboxylic acids is 2. The highest BCUT2D eigenvalue weighted by Crippen LogP contribution is 2.25. The van der Waals surface area contributed by atoms with Crippen molar-refractivity contribution in [2.75, 3.05) is 20.3 Å². The van der Waals surface area contributed by atoms with Gasteiger partial charge in [0.05, 0.1) is 7.11 Å². The fraction of sp³-hybridized carbons (Fsp3) is 0.556. The maximum atomic E-state index is 9.99. The lowest BCUT2D eigenvalue weighted by molar-refractivity contribution is -0.139. The maximum Gasteiger partial charge on any atom is 0.320 e. The average molecular weight is 386 g/mol. The molecule has 0 spiro atoms. The molecule has 0 amide bonds. The summed E-state index contributed by atoms with van der Waals surface area (Å²) in [4.78, 5) is 19.9. The number of methoxy groups -OCH3 is 1. The number of aliphatic hydroxyl groups excluding tert-OH is 1. The lowest BCUT2D eigenvalue weighted by Gasteiger charge is -2.16. The minimum absolute atomic E-state index is 0.0231. The van der Waals surface area contributed by atoms with Crippen LogP contribution in [0, 0.1) is 0 Å². The lowest BCUT2D eigenvalue weighted by Crippen LogP contribution is -2.35. The number of carbonyl (C=O) groups is 2. The minimum atomic E-state index is -1.17. The Kier molecular flexibility index (Phi) is 12.6. The molecule has 27 heavy (non-hydrogen) atoms. The number of nitrogens with two attached hydrogens (primary N) is 1. The van der Waals surface area contributed by atoms with Gasteiger partial charge in [-0.3, -0.25) is 9.59 Å². The minimum Gasteiger partial charge on any atom is -0.493 e. The SMILES string of the molecule is COc1ccccc1OCC(O)CNC(C)C.N[C@@H](CCC(=O)O)C(=O)O. The normalized spacial score (nSPS) is 12.5. The number of para-hydroxylation sites is 2. The van der Waals surface area contributed by atoms with E-state index in [1.807, 2.05) is 38.1 Å². The zero-order valence-corrected chi connectivity index (χ0v) is 15.9. The van der Waals surface area contributed by atoms with E-state index in [-0.39, 0.29) is 19.4 Å². The van der Waals surface area contributed by atoms with E-state index in [2.05, 4.69) is 5.32 Å². The number of carboxylic acid groups (broad SMARTS) is 2. The number of carboxylic acids is 2. The predicted octanol–water partition coefficient (Wildman–Crippen LogP) is 0.696. The van der Waals surface area contributed by atoms with Crippen LogP contribution in [-0.4, -0.2) is 65.7 Å². The Morgan fingerprint density at radius 3 is 2.26 bits per heavy atom. The van der Waals surface area contributed by atoms with Crippen LogP contribution in [0.25, 0.3) is 0 Å². The van der Waals surface area contributed by atoms with Crippen molar-refractivity contribution < 1.29 is 34.4 Å². The largest absolute Gasteiger partial charge is 0.493 e. The van der Waals surface area contributed by atoms with Gasteiger partial charge in [-0.1, -0.05) is 26.0 Å². The second kappa shape index (κ2) is 13.8. The Morgan fingerprint density at radius 1 is 1.19 bits per heavy atom. The van der Waals surface area contributed by atoms with Gasteiger partial charge in [0.15, 0.2) is 11.5 Å². The van der Waals surface area contributed by atoms with Crippen LogP contribution in [0.5, 0.6) is 11.5 Å². The van der Waals surface area contributed by atoms with Crippen LogP contribution in [-0.2, 0) is 9.59 Å². The van der Waals surface area contributed by atoms with Gasteiger partial charge >= 0.3 is 11.9 Å². The first-order chi connectivity index (χ1) is 12.7. The second-order valence-corrected chi connectivity index (χ2v) is 6.06. The van der Waals surface area contributed by atoms with Crippen molar-refractivity contribution in [3.8, 4) is 11.5 Å². The molecular formula is C18H30N2O7. The first-order valence-electron chi connectivity index (χ1n) is 8.54. The van der Waals surface area contributed by atoms with Crippen molar-refractivity contribution in [1.29, 1.82) is 0 Å². The second-order valence-electron chi connectivity index (χ2n) is 6.06.